The zero-order valence-corrected chi connectivity index (χ0v) is 15.9. The second-order valence-corrected chi connectivity index (χ2v) is 6.51. The third kappa shape index (κ3) is 5.07. The summed E-state index contributed by atoms with van der Waals surface area (Å²) in [6.07, 6.45) is -0.284. The van der Waals surface area contributed by atoms with Crippen LogP contribution in [0.4, 0.5) is 0 Å². The van der Waals surface area contributed by atoms with Crippen LogP contribution in [-0.2, 0) is 20.9 Å². The van der Waals surface area contributed by atoms with E-state index in [1.807, 2.05) is 73.7 Å². The third-order valence-electron chi connectivity index (χ3n) is 4.39. The van der Waals surface area contributed by atoms with Gasteiger partial charge in [0.05, 0.1) is 5.56 Å². The molecule has 0 N–H and O–H groups in total. The molecule has 0 aliphatic carbocycles. The van der Waals surface area contributed by atoms with Crippen molar-refractivity contribution in [3.63, 3.8) is 0 Å². The number of carbonyl (C=O) groups excluding carboxylic acids is 2. The van der Waals surface area contributed by atoms with Crippen LogP contribution in [0.5, 0.6) is 0 Å². The summed E-state index contributed by atoms with van der Waals surface area (Å²) in [5.74, 6) is -0.646. The van der Waals surface area contributed by atoms with Gasteiger partial charge in [-0.1, -0.05) is 66.7 Å². The average Bonchev–Trinajstić information content (AvgIpc) is 2.72. The highest BCUT2D eigenvalue weighted by Crippen LogP contribution is 2.24. The molecule has 3 rings (SSSR count). The predicted molar refractivity (Wildman–Crippen MR) is 108 cm³/mol. The quantitative estimate of drug-likeness (QED) is 0.547. The van der Waals surface area contributed by atoms with Gasteiger partial charge >= 0.3 is 11.9 Å². The highest BCUT2D eigenvalue weighted by atomic mass is 16.5. The van der Waals surface area contributed by atoms with Gasteiger partial charge in [-0.05, 0) is 41.3 Å². The molecule has 4 nitrogen and oxygen atoms in total. The molecule has 0 amide bonds. The summed E-state index contributed by atoms with van der Waals surface area (Å²) in [7, 11) is 0. The van der Waals surface area contributed by atoms with Crippen molar-refractivity contribution in [2.24, 2.45) is 0 Å². The minimum Gasteiger partial charge on any atom is -0.458 e. The summed E-state index contributed by atoms with van der Waals surface area (Å²) in [5.41, 5.74) is 4.41. The molecule has 0 aromatic heterocycles. The molecule has 28 heavy (non-hydrogen) atoms. The molecule has 0 bridgehead atoms. The zero-order chi connectivity index (χ0) is 19.9. The van der Waals surface area contributed by atoms with Crippen molar-refractivity contribution in [2.75, 3.05) is 0 Å². The van der Waals surface area contributed by atoms with Gasteiger partial charge in [0.2, 0.25) is 0 Å². The van der Waals surface area contributed by atoms with E-state index in [2.05, 4.69) is 0 Å². The standard InChI is InChI=1S/C24H22O4/c1-17(28-18(2)25)20-8-10-21(11-9-20)22-12-14-23(15-13-22)24(26)27-16-19-6-4-3-5-7-19/h3-15,17H,16H2,1-2H3. The van der Waals surface area contributed by atoms with Crippen molar-refractivity contribution in [1.82, 2.24) is 0 Å². The lowest BCUT2D eigenvalue weighted by Crippen LogP contribution is -2.05. The first-order valence-corrected chi connectivity index (χ1v) is 9.11. The summed E-state index contributed by atoms with van der Waals surface area (Å²) < 4.78 is 10.5. The fourth-order valence-corrected chi connectivity index (χ4v) is 2.87. The van der Waals surface area contributed by atoms with Gasteiger partial charge in [-0.2, -0.15) is 0 Å². The van der Waals surface area contributed by atoms with Crippen LogP contribution < -0.4 is 0 Å². The topological polar surface area (TPSA) is 52.6 Å². The summed E-state index contributed by atoms with van der Waals surface area (Å²) in [6.45, 7) is 3.49. The Kier molecular flexibility index (Phi) is 6.22. The normalized spacial score (nSPS) is 11.5. The van der Waals surface area contributed by atoms with Gasteiger partial charge in [0.25, 0.3) is 0 Å². The third-order valence-corrected chi connectivity index (χ3v) is 4.39. The van der Waals surface area contributed by atoms with Crippen LogP contribution in [0, 0.1) is 0 Å². The molecule has 1 unspecified atom stereocenters. The molecule has 3 aromatic carbocycles. The van der Waals surface area contributed by atoms with E-state index in [0.29, 0.717) is 5.56 Å². The van der Waals surface area contributed by atoms with Crippen molar-refractivity contribution in [3.8, 4) is 11.1 Å². The second-order valence-electron chi connectivity index (χ2n) is 6.51. The molecular formula is C24H22O4. The molecule has 3 aromatic rings. The minimum atomic E-state index is -0.346. The fraction of sp³-hybridized carbons (Fsp3) is 0.167. The van der Waals surface area contributed by atoms with E-state index in [0.717, 1.165) is 22.3 Å². The van der Waals surface area contributed by atoms with Crippen molar-refractivity contribution in [3.05, 3.63) is 95.6 Å². The lowest BCUT2D eigenvalue weighted by atomic mass is 10.0. The monoisotopic (exact) mass is 374 g/mol. The first-order valence-electron chi connectivity index (χ1n) is 9.11. The highest BCUT2D eigenvalue weighted by Gasteiger charge is 2.10. The molecule has 0 radical (unpaired) electrons. The molecular weight excluding hydrogens is 352 g/mol. The van der Waals surface area contributed by atoms with Crippen LogP contribution in [0.3, 0.4) is 0 Å². The van der Waals surface area contributed by atoms with Crippen LogP contribution in [0.1, 0.15) is 41.4 Å². The number of esters is 2. The second kappa shape index (κ2) is 9.00. The number of rotatable bonds is 6. The fourth-order valence-electron chi connectivity index (χ4n) is 2.87. The number of hydrogen-bond acceptors (Lipinski definition) is 4. The average molecular weight is 374 g/mol. The summed E-state index contributed by atoms with van der Waals surface area (Å²) in [5, 5.41) is 0. The molecule has 0 saturated heterocycles. The highest BCUT2D eigenvalue weighted by molar-refractivity contribution is 5.90. The molecule has 0 spiro atoms. The van der Waals surface area contributed by atoms with Gasteiger partial charge in [0.1, 0.15) is 12.7 Å². The Labute approximate surface area is 164 Å². The van der Waals surface area contributed by atoms with E-state index < -0.39 is 0 Å². The Bertz CT molecular complexity index is 929. The van der Waals surface area contributed by atoms with Crippen LogP contribution in [-0.4, -0.2) is 11.9 Å². The minimum absolute atomic E-state index is 0.253. The maximum absolute atomic E-state index is 12.2. The maximum atomic E-state index is 12.2. The van der Waals surface area contributed by atoms with Gasteiger partial charge in [0.15, 0.2) is 0 Å². The van der Waals surface area contributed by atoms with Gasteiger partial charge < -0.3 is 9.47 Å². The van der Waals surface area contributed by atoms with Crippen molar-refractivity contribution >= 4 is 11.9 Å². The van der Waals surface area contributed by atoms with E-state index in [9.17, 15) is 9.59 Å². The predicted octanol–water partition coefficient (Wildman–Crippen LogP) is 5.33. The number of carbonyl (C=O) groups is 2. The molecule has 142 valence electrons. The van der Waals surface area contributed by atoms with Gasteiger partial charge in [0, 0.05) is 6.92 Å². The van der Waals surface area contributed by atoms with E-state index in [1.165, 1.54) is 6.92 Å². The number of benzene rings is 3. The smallest absolute Gasteiger partial charge is 0.338 e. The van der Waals surface area contributed by atoms with E-state index in [-0.39, 0.29) is 24.6 Å². The molecule has 4 heteroatoms. The van der Waals surface area contributed by atoms with Crippen LogP contribution in [0.25, 0.3) is 11.1 Å². The lowest BCUT2D eigenvalue weighted by molar-refractivity contribution is -0.145. The molecule has 1 atom stereocenters. The van der Waals surface area contributed by atoms with Crippen molar-refractivity contribution in [1.29, 1.82) is 0 Å². The Morgan fingerprint density at radius 1 is 0.821 bits per heavy atom. The summed E-state index contributed by atoms with van der Waals surface area (Å²) in [6, 6.07) is 24.7. The summed E-state index contributed by atoms with van der Waals surface area (Å²) in [4.78, 5) is 23.3. The van der Waals surface area contributed by atoms with Crippen molar-refractivity contribution < 1.29 is 19.1 Å². The number of ether oxygens (including phenoxy) is 2. The van der Waals surface area contributed by atoms with Crippen LogP contribution >= 0.6 is 0 Å². The van der Waals surface area contributed by atoms with E-state index in [1.54, 1.807) is 12.1 Å². The molecule has 0 fully saturated rings. The molecule has 0 heterocycles. The van der Waals surface area contributed by atoms with Gasteiger partial charge in [-0.3, -0.25) is 4.79 Å². The van der Waals surface area contributed by atoms with E-state index >= 15 is 0 Å². The SMILES string of the molecule is CC(=O)OC(C)c1ccc(-c2ccc(C(=O)OCc3ccccc3)cc2)cc1. The molecule has 0 aliphatic rings. The maximum Gasteiger partial charge on any atom is 0.338 e. The zero-order valence-electron chi connectivity index (χ0n) is 15.9. The van der Waals surface area contributed by atoms with Crippen LogP contribution in [0.15, 0.2) is 78.9 Å². The van der Waals surface area contributed by atoms with Crippen LogP contribution in [0.2, 0.25) is 0 Å². The largest absolute Gasteiger partial charge is 0.458 e. The first-order chi connectivity index (χ1) is 13.5. The van der Waals surface area contributed by atoms with Gasteiger partial charge in [-0.15, -0.1) is 0 Å². The Hall–Kier alpha value is -3.40. The Morgan fingerprint density at radius 3 is 1.96 bits per heavy atom. The molecule has 0 aliphatic heterocycles. The van der Waals surface area contributed by atoms with E-state index in [4.69, 9.17) is 9.47 Å². The molecule has 0 saturated carbocycles. The lowest BCUT2D eigenvalue weighted by Gasteiger charge is -2.12. The Morgan fingerprint density at radius 2 is 1.39 bits per heavy atom. The summed E-state index contributed by atoms with van der Waals surface area (Å²) >= 11 is 0. The van der Waals surface area contributed by atoms with Gasteiger partial charge in [-0.25, -0.2) is 4.79 Å². The Balaban J connectivity index is 1.63. The first kappa shape index (κ1) is 19.4. The number of hydrogen-bond donors (Lipinski definition) is 0. The van der Waals surface area contributed by atoms with Crippen molar-refractivity contribution in [2.45, 2.75) is 26.6 Å².